The molecule has 84 valence electrons. The van der Waals surface area contributed by atoms with Crippen LogP contribution in [0.15, 0.2) is 18.3 Å². The number of nitrogens with zero attached hydrogens (tertiary/aromatic N) is 1. The minimum Gasteiger partial charge on any atom is -0.369 e. The molecule has 3 N–H and O–H groups in total. The number of hydrogen-bond donors (Lipinski definition) is 3. The van der Waals surface area contributed by atoms with Crippen LogP contribution in [0.2, 0.25) is 0 Å². The molecule has 1 heterocycles. The third-order valence-corrected chi connectivity index (χ3v) is 2.07. The standard InChI is InChI=1S/C11H20N4/c1-10-3-4-11(15-9-10)14-8-7-13-6-5-12-2/h3-4,9,12-13H,5-8H2,1-2H3,(H,14,15). The zero-order valence-corrected chi connectivity index (χ0v) is 9.51. The first-order valence-corrected chi connectivity index (χ1v) is 5.35. The van der Waals surface area contributed by atoms with Gasteiger partial charge in [-0.05, 0) is 25.6 Å². The van der Waals surface area contributed by atoms with Gasteiger partial charge in [-0.2, -0.15) is 0 Å². The van der Waals surface area contributed by atoms with Crippen LogP contribution in [0, 0.1) is 6.92 Å². The summed E-state index contributed by atoms with van der Waals surface area (Å²) in [5.41, 5.74) is 1.19. The van der Waals surface area contributed by atoms with Gasteiger partial charge in [-0.25, -0.2) is 4.98 Å². The first-order chi connectivity index (χ1) is 7.33. The Hall–Kier alpha value is -1.13. The van der Waals surface area contributed by atoms with Crippen LogP contribution in [0.5, 0.6) is 0 Å². The molecule has 1 rings (SSSR count). The number of anilines is 1. The average Bonchev–Trinajstić information content (AvgIpc) is 2.26. The molecule has 0 spiro atoms. The van der Waals surface area contributed by atoms with Crippen molar-refractivity contribution in [2.45, 2.75) is 6.92 Å². The van der Waals surface area contributed by atoms with Gasteiger partial charge in [0.25, 0.3) is 0 Å². The molecule has 0 aliphatic carbocycles. The Labute approximate surface area is 91.5 Å². The van der Waals surface area contributed by atoms with Gasteiger partial charge in [-0.3, -0.25) is 0 Å². The fourth-order valence-electron chi connectivity index (χ4n) is 1.19. The van der Waals surface area contributed by atoms with E-state index in [-0.39, 0.29) is 0 Å². The monoisotopic (exact) mass is 208 g/mol. The Morgan fingerprint density at radius 3 is 2.60 bits per heavy atom. The first-order valence-electron chi connectivity index (χ1n) is 5.35. The van der Waals surface area contributed by atoms with E-state index in [1.165, 1.54) is 5.56 Å². The Morgan fingerprint density at radius 2 is 1.93 bits per heavy atom. The van der Waals surface area contributed by atoms with Crippen molar-refractivity contribution in [2.75, 3.05) is 38.5 Å². The lowest BCUT2D eigenvalue weighted by Gasteiger charge is -2.06. The molecule has 0 bridgehead atoms. The van der Waals surface area contributed by atoms with E-state index in [1.807, 2.05) is 26.2 Å². The van der Waals surface area contributed by atoms with Crippen molar-refractivity contribution in [1.29, 1.82) is 0 Å². The molecule has 4 heteroatoms. The molecule has 0 aliphatic heterocycles. The molecule has 0 atom stereocenters. The number of hydrogen-bond acceptors (Lipinski definition) is 4. The van der Waals surface area contributed by atoms with Gasteiger partial charge in [0.15, 0.2) is 0 Å². The highest BCUT2D eigenvalue weighted by atomic mass is 15.0. The second kappa shape index (κ2) is 7.20. The number of pyridine rings is 1. The molecule has 0 aliphatic rings. The van der Waals surface area contributed by atoms with E-state index in [2.05, 4.69) is 27.0 Å². The minimum absolute atomic E-state index is 0.903. The SMILES string of the molecule is CNCCNCCNc1ccc(C)cn1. The van der Waals surface area contributed by atoms with Crippen LogP contribution in [0.1, 0.15) is 5.56 Å². The van der Waals surface area contributed by atoms with Crippen LogP contribution in [-0.4, -0.2) is 38.2 Å². The predicted octanol–water partition coefficient (Wildman–Crippen LogP) is 0.611. The van der Waals surface area contributed by atoms with Crippen LogP contribution in [-0.2, 0) is 0 Å². The van der Waals surface area contributed by atoms with Gasteiger partial charge >= 0.3 is 0 Å². The molecular weight excluding hydrogens is 188 g/mol. The van der Waals surface area contributed by atoms with E-state index in [0.717, 1.165) is 32.0 Å². The van der Waals surface area contributed by atoms with Gasteiger partial charge in [-0.1, -0.05) is 6.07 Å². The Kier molecular flexibility index (Phi) is 5.73. The highest BCUT2D eigenvalue weighted by Gasteiger charge is 1.91. The molecule has 4 nitrogen and oxygen atoms in total. The van der Waals surface area contributed by atoms with Gasteiger partial charge in [0.1, 0.15) is 5.82 Å². The zero-order valence-electron chi connectivity index (χ0n) is 9.51. The summed E-state index contributed by atoms with van der Waals surface area (Å²) in [7, 11) is 1.95. The number of aryl methyl sites for hydroxylation is 1. The van der Waals surface area contributed by atoms with Crippen LogP contribution in [0.3, 0.4) is 0 Å². The van der Waals surface area contributed by atoms with Gasteiger partial charge < -0.3 is 16.0 Å². The molecule has 0 amide bonds. The molecule has 0 aromatic carbocycles. The van der Waals surface area contributed by atoms with E-state index in [1.54, 1.807) is 0 Å². The Bertz CT molecular complexity index is 258. The van der Waals surface area contributed by atoms with Crippen molar-refractivity contribution in [1.82, 2.24) is 15.6 Å². The van der Waals surface area contributed by atoms with Crippen molar-refractivity contribution in [3.05, 3.63) is 23.9 Å². The lowest BCUT2D eigenvalue weighted by Crippen LogP contribution is -2.29. The summed E-state index contributed by atoms with van der Waals surface area (Å²) in [6, 6.07) is 4.06. The molecule has 0 saturated heterocycles. The Balaban J connectivity index is 2.07. The third-order valence-electron chi connectivity index (χ3n) is 2.07. The summed E-state index contributed by atoms with van der Waals surface area (Å²) in [6.45, 7) is 5.90. The van der Waals surface area contributed by atoms with Crippen LogP contribution < -0.4 is 16.0 Å². The van der Waals surface area contributed by atoms with Crippen LogP contribution in [0.4, 0.5) is 5.82 Å². The maximum Gasteiger partial charge on any atom is 0.125 e. The summed E-state index contributed by atoms with van der Waals surface area (Å²) in [5.74, 6) is 0.941. The molecule has 0 unspecified atom stereocenters. The summed E-state index contributed by atoms with van der Waals surface area (Å²) in [5, 5.41) is 9.66. The molecular formula is C11H20N4. The van der Waals surface area contributed by atoms with Gasteiger partial charge in [0.2, 0.25) is 0 Å². The fraction of sp³-hybridized carbons (Fsp3) is 0.545. The quantitative estimate of drug-likeness (QED) is 0.575. The van der Waals surface area contributed by atoms with Crippen molar-refractivity contribution in [3.63, 3.8) is 0 Å². The zero-order chi connectivity index (χ0) is 10.9. The maximum atomic E-state index is 4.26. The lowest BCUT2D eigenvalue weighted by atomic mass is 10.3. The third kappa shape index (κ3) is 5.34. The first kappa shape index (κ1) is 11.9. The average molecular weight is 208 g/mol. The molecule has 1 aromatic heterocycles. The highest BCUT2D eigenvalue weighted by Crippen LogP contribution is 2.02. The normalized spacial score (nSPS) is 10.3. The second-order valence-electron chi connectivity index (χ2n) is 3.50. The number of likely N-dealkylation sites (N-methyl/N-ethyl adjacent to an activating group) is 1. The summed E-state index contributed by atoms with van der Waals surface area (Å²) >= 11 is 0. The topological polar surface area (TPSA) is 49.0 Å². The number of aromatic nitrogens is 1. The number of nitrogens with one attached hydrogen (secondary N) is 3. The van der Waals surface area contributed by atoms with E-state index >= 15 is 0 Å². The van der Waals surface area contributed by atoms with E-state index in [9.17, 15) is 0 Å². The van der Waals surface area contributed by atoms with Crippen LogP contribution >= 0.6 is 0 Å². The number of rotatable bonds is 7. The van der Waals surface area contributed by atoms with Crippen molar-refractivity contribution in [3.8, 4) is 0 Å². The summed E-state index contributed by atoms with van der Waals surface area (Å²) in [6.07, 6.45) is 1.87. The summed E-state index contributed by atoms with van der Waals surface area (Å²) < 4.78 is 0. The van der Waals surface area contributed by atoms with Crippen molar-refractivity contribution in [2.24, 2.45) is 0 Å². The lowest BCUT2D eigenvalue weighted by molar-refractivity contribution is 0.661. The molecule has 0 saturated carbocycles. The maximum absolute atomic E-state index is 4.26. The molecule has 1 aromatic rings. The van der Waals surface area contributed by atoms with Crippen molar-refractivity contribution < 1.29 is 0 Å². The largest absolute Gasteiger partial charge is 0.369 e. The van der Waals surface area contributed by atoms with Gasteiger partial charge in [-0.15, -0.1) is 0 Å². The van der Waals surface area contributed by atoms with Gasteiger partial charge in [0.05, 0.1) is 0 Å². The minimum atomic E-state index is 0.903. The van der Waals surface area contributed by atoms with E-state index < -0.39 is 0 Å². The van der Waals surface area contributed by atoms with Gasteiger partial charge in [0, 0.05) is 32.4 Å². The van der Waals surface area contributed by atoms with Crippen LogP contribution in [0.25, 0.3) is 0 Å². The Morgan fingerprint density at radius 1 is 1.13 bits per heavy atom. The predicted molar refractivity (Wildman–Crippen MR) is 64.3 cm³/mol. The fourth-order valence-corrected chi connectivity index (χ4v) is 1.19. The van der Waals surface area contributed by atoms with E-state index in [4.69, 9.17) is 0 Å². The van der Waals surface area contributed by atoms with Crippen molar-refractivity contribution >= 4 is 5.82 Å². The second-order valence-corrected chi connectivity index (χ2v) is 3.50. The molecule has 0 radical (unpaired) electrons. The highest BCUT2D eigenvalue weighted by molar-refractivity contribution is 5.34. The molecule has 15 heavy (non-hydrogen) atoms. The van der Waals surface area contributed by atoms with E-state index in [0.29, 0.717) is 0 Å². The smallest absolute Gasteiger partial charge is 0.125 e. The molecule has 0 fully saturated rings. The summed E-state index contributed by atoms with van der Waals surface area (Å²) in [4.78, 5) is 4.26.